The summed E-state index contributed by atoms with van der Waals surface area (Å²) >= 11 is 0. The molecule has 0 unspecified atom stereocenters. The van der Waals surface area contributed by atoms with Gasteiger partial charge in [-0.1, -0.05) is 31.9 Å². The van der Waals surface area contributed by atoms with Gasteiger partial charge in [-0.15, -0.1) is 0 Å². The number of amides is 2. The number of nitrogens with zero attached hydrogens (tertiary/aromatic N) is 1. The number of aryl methyl sites for hydroxylation is 1. The first kappa shape index (κ1) is 15.8. The smallest absolute Gasteiger partial charge is 0.315 e. The van der Waals surface area contributed by atoms with E-state index in [9.17, 15) is 4.79 Å². The van der Waals surface area contributed by atoms with Gasteiger partial charge in [0.25, 0.3) is 0 Å². The SMILES string of the molecule is C[C@@H]1CCCC[C@@H]1NC(=O)NCCCc1nc2ccccc2[nH]1. The highest BCUT2D eigenvalue weighted by atomic mass is 16.2. The molecule has 0 spiro atoms. The van der Waals surface area contributed by atoms with Crippen LogP contribution in [0.25, 0.3) is 11.0 Å². The molecule has 3 N–H and O–H groups in total. The maximum atomic E-state index is 12.0. The highest BCUT2D eigenvalue weighted by Crippen LogP contribution is 2.23. The van der Waals surface area contributed by atoms with Gasteiger partial charge in [-0.25, -0.2) is 9.78 Å². The summed E-state index contributed by atoms with van der Waals surface area (Å²) in [7, 11) is 0. The zero-order chi connectivity index (χ0) is 16.1. The molecule has 0 saturated heterocycles. The van der Waals surface area contributed by atoms with E-state index in [1.165, 1.54) is 19.3 Å². The standard InChI is InChI=1S/C18H26N4O/c1-13-7-2-3-8-14(13)22-18(23)19-12-6-11-17-20-15-9-4-5-10-16(15)21-17/h4-5,9-10,13-14H,2-3,6-8,11-12H2,1H3,(H,20,21)(H2,19,22,23)/t13-,14+/m1/s1. The van der Waals surface area contributed by atoms with E-state index in [4.69, 9.17) is 0 Å². The third-order valence-electron chi connectivity index (χ3n) is 4.74. The van der Waals surface area contributed by atoms with Gasteiger partial charge >= 0.3 is 6.03 Å². The number of aromatic nitrogens is 2. The molecule has 2 aromatic rings. The van der Waals surface area contributed by atoms with Gasteiger partial charge < -0.3 is 15.6 Å². The maximum absolute atomic E-state index is 12.0. The van der Waals surface area contributed by atoms with E-state index in [1.807, 2.05) is 24.3 Å². The van der Waals surface area contributed by atoms with E-state index in [-0.39, 0.29) is 6.03 Å². The number of fused-ring (bicyclic) bond motifs is 1. The number of rotatable bonds is 5. The lowest BCUT2D eigenvalue weighted by atomic mass is 9.86. The molecular weight excluding hydrogens is 288 g/mol. The number of aromatic amines is 1. The van der Waals surface area contributed by atoms with Crippen molar-refractivity contribution in [2.75, 3.05) is 6.54 Å². The fourth-order valence-corrected chi connectivity index (χ4v) is 3.33. The van der Waals surface area contributed by atoms with Crippen LogP contribution in [-0.4, -0.2) is 28.6 Å². The summed E-state index contributed by atoms with van der Waals surface area (Å²) < 4.78 is 0. The first-order chi connectivity index (χ1) is 11.2. The van der Waals surface area contributed by atoms with Crippen LogP contribution in [0.15, 0.2) is 24.3 Å². The first-order valence-electron chi connectivity index (χ1n) is 8.70. The summed E-state index contributed by atoms with van der Waals surface area (Å²) in [6.07, 6.45) is 6.56. The number of urea groups is 1. The van der Waals surface area contributed by atoms with Crippen LogP contribution >= 0.6 is 0 Å². The molecule has 1 saturated carbocycles. The Bertz CT molecular complexity index is 618. The second-order valence-corrected chi connectivity index (χ2v) is 6.57. The Kier molecular flexibility index (Phi) is 5.16. The molecule has 23 heavy (non-hydrogen) atoms. The quantitative estimate of drug-likeness (QED) is 0.741. The molecule has 1 aromatic carbocycles. The molecule has 5 heteroatoms. The molecule has 1 aliphatic rings. The number of hydrogen-bond acceptors (Lipinski definition) is 2. The van der Waals surface area contributed by atoms with E-state index in [0.717, 1.165) is 36.1 Å². The summed E-state index contributed by atoms with van der Waals surface area (Å²) in [5.41, 5.74) is 2.07. The number of benzene rings is 1. The highest BCUT2D eigenvalue weighted by molar-refractivity contribution is 5.75. The maximum Gasteiger partial charge on any atom is 0.315 e. The first-order valence-corrected chi connectivity index (χ1v) is 8.70. The third-order valence-corrected chi connectivity index (χ3v) is 4.74. The number of imidazole rings is 1. The van der Waals surface area contributed by atoms with Crippen LogP contribution in [0.3, 0.4) is 0 Å². The third kappa shape index (κ3) is 4.24. The molecule has 1 fully saturated rings. The van der Waals surface area contributed by atoms with Crippen molar-refractivity contribution in [1.29, 1.82) is 0 Å². The summed E-state index contributed by atoms with van der Waals surface area (Å²) in [6.45, 7) is 2.90. The lowest BCUT2D eigenvalue weighted by Gasteiger charge is -2.29. The second-order valence-electron chi connectivity index (χ2n) is 6.57. The van der Waals surface area contributed by atoms with Gasteiger partial charge in [0.2, 0.25) is 0 Å². The number of H-pyrrole nitrogens is 1. The predicted molar refractivity (Wildman–Crippen MR) is 92.4 cm³/mol. The second kappa shape index (κ2) is 7.49. The van der Waals surface area contributed by atoms with Crippen molar-refractivity contribution < 1.29 is 4.79 Å². The molecule has 0 bridgehead atoms. The van der Waals surface area contributed by atoms with Crippen LogP contribution in [-0.2, 0) is 6.42 Å². The number of carbonyl (C=O) groups excluding carboxylic acids is 1. The largest absolute Gasteiger partial charge is 0.342 e. The van der Waals surface area contributed by atoms with Gasteiger partial charge in [0, 0.05) is 19.0 Å². The molecule has 2 amide bonds. The van der Waals surface area contributed by atoms with Crippen molar-refractivity contribution in [3.8, 4) is 0 Å². The molecule has 1 heterocycles. The van der Waals surface area contributed by atoms with E-state index in [0.29, 0.717) is 18.5 Å². The minimum atomic E-state index is -0.0339. The number of hydrogen-bond donors (Lipinski definition) is 3. The number of carbonyl (C=O) groups is 1. The van der Waals surface area contributed by atoms with Crippen LogP contribution in [0, 0.1) is 5.92 Å². The lowest BCUT2D eigenvalue weighted by molar-refractivity contribution is 0.221. The summed E-state index contributed by atoms with van der Waals surface area (Å²) in [5, 5.41) is 6.08. The topological polar surface area (TPSA) is 69.8 Å². The zero-order valence-corrected chi connectivity index (χ0v) is 13.8. The van der Waals surface area contributed by atoms with Gasteiger partial charge in [-0.3, -0.25) is 0 Å². The Morgan fingerprint density at radius 3 is 2.96 bits per heavy atom. The fourth-order valence-electron chi connectivity index (χ4n) is 3.33. The highest BCUT2D eigenvalue weighted by Gasteiger charge is 2.22. The molecule has 0 radical (unpaired) electrons. The van der Waals surface area contributed by atoms with Crippen LogP contribution < -0.4 is 10.6 Å². The average molecular weight is 314 g/mol. The molecule has 1 aliphatic carbocycles. The summed E-state index contributed by atoms with van der Waals surface area (Å²) in [4.78, 5) is 19.8. The van der Waals surface area contributed by atoms with Gasteiger partial charge in [0.05, 0.1) is 11.0 Å². The van der Waals surface area contributed by atoms with Crippen molar-refractivity contribution >= 4 is 17.1 Å². The molecule has 1 aromatic heterocycles. The Balaban J connectivity index is 1.38. The summed E-state index contributed by atoms with van der Waals surface area (Å²) in [6, 6.07) is 8.33. The van der Waals surface area contributed by atoms with E-state index in [1.54, 1.807) is 0 Å². The van der Waals surface area contributed by atoms with Gasteiger partial charge in [-0.2, -0.15) is 0 Å². The van der Waals surface area contributed by atoms with Gasteiger partial charge in [0.1, 0.15) is 5.82 Å². The van der Waals surface area contributed by atoms with Crippen LogP contribution in [0.5, 0.6) is 0 Å². The Morgan fingerprint density at radius 2 is 2.13 bits per heavy atom. The molecule has 0 aliphatic heterocycles. The van der Waals surface area contributed by atoms with E-state index < -0.39 is 0 Å². The van der Waals surface area contributed by atoms with Crippen molar-refractivity contribution in [3.63, 3.8) is 0 Å². The van der Waals surface area contributed by atoms with Gasteiger partial charge in [0.15, 0.2) is 0 Å². The van der Waals surface area contributed by atoms with Crippen molar-refractivity contribution in [1.82, 2.24) is 20.6 Å². The molecule has 124 valence electrons. The molecule has 2 atom stereocenters. The molecule has 5 nitrogen and oxygen atoms in total. The number of nitrogens with one attached hydrogen (secondary N) is 3. The van der Waals surface area contributed by atoms with Crippen molar-refractivity contribution in [2.24, 2.45) is 5.92 Å². The van der Waals surface area contributed by atoms with Crippen LogP contribution in [0.1, 0.15) is 44.9 Å². The molecule has 3 rings (SSSR count). The Hall–Kier alpha value is -2.04. The Morgan fingerprint density at radius 1 is 1.30 bits per heavy atom. The summed E-state index contributed by atoms with van der Waals surface area (Å²) in [5.74, 6) is 1.57. The predicted octanol–water partition coefficient (Wildman–Crippen LogP) is 3.37. The van der Waals surface area contributed by atoms with Crippen molar-refractivity contribution in [2.45, 2.75) is 51.5 Å². The van der Waals surface area contributed by atoms with Crippen LogP contribution in [0.4, 0.5) is 4.79 Å². The van der Waals surface area contributed by atoms with E-state index in [2.05, 4.69) is 27.5 Å². The number of para-hydroxylation sites is 2. The van der Waals surface area contributed by atoms with Crippen LogP contribution in [0.2, 0.25) is 0 Å². The van der Waals surface area contributed by atoms with Gasteiger partial charge in [-0.05, 0) is 37.3 Å². The minimum Gasteiger partial charge on any atom is -0.342 e. The lowest BCUT2D eigenvalue weighted by Crippen LogP contribution is -2.46. The average Bonchev–Trinajstić information content (AvgIpc) is 2.96. The monoisotopic (exact) mass is 314 g/mol. The zero-order valence-electron chi connectivity index (χ0n) is 13.8. The van der Waals surface area contributed by atoms with E-state index >= 15 is 0 Å². The molecular formula is C18H26N4O. The fraction of sp³-hybridized carbons (Fsp3) is 0.556. The Labute approximate surface area is 137 Å². The normalized spacial score (nSPS) is 21.3. The van der Waals surface area contributed by atoms with Crippen molar-refractivity contribution in [3.05, 3.63) is 30.1 Å². The minimum absolute atomic E-state index is 0.0339.